The minimum atomic E-state index is -0.434. The van der Waals surface area contributed by atoms with Crippen LogP contribution in [-0.2, 0) is 4.79 Å². The highest BCUT2D eigenvalue weighted by atomic mass is 35.5. The summed E-state index contributed by atoms with van der Waals surface area (Å²) in [6.07, 6.45) is 5.67. The first kappa shape index (κ1) is 24.1. The molecular formula is C24H33ClO5. The molecule has 30 heavy (non-hydrogen) atoms. The molecule has 0 atom stereocenters. The lowest BCUT2D eigenvalue weighted by molar-refractivity contribution is -0.131. The van der Waals surface area contributed by atoms with E-state index in [0.717, 1.165) is 43.9 Å². The summed E-state index contributed by atoms with van der Waals surface area (Å²) in [6, 6.07) is 5.43. The third kappa shape index (κ3) is 6.43. The summed E-state index contributed by atoms with van der Waals surface area (Å²) >= 11 is 6.27. The van der Waals surface area contributed by atoms with Crippen LogP contribution >= 0.6 is 11.6 Å². The molecule has 0 fully saturated rings. The number of ether oxygens (including phenoxy) is 4. The Morgan fingerprint density at radius 1 is 0.767 bits per heavy atom. The summed E-state index contributed by atoms with van der Waals surface area (Å²) in [6.45, 7) is 9.23. The largest absolute Gasteiger partial charge is 0.489 e. The summed E-state index contributed by atoms with van der Waals surface area (Å²) in [5.74, 6) is 1.38. The lowest BCUT2D eigenvalue weighted by Crippen LogP contribution is -2.10. The molecular weight excluding hydrogens is 404 g/mol. The first-order chi connectivity index (χ1) is 14.5. The van der Waals surface area contributed by atoms with Crippen LogP contribution in [0.15, 0.2) is 18.2 Å². The van der Waals surface area contributed by atoms with Gasteiger partial charge in [0, 0.05) is 22.7 Å². The lowest BCUT2D eigenvalue weighted by atomic mass is 10.1. The van der Waals surface area contributed by atoms with Gasteiger partial charge in [0.1, 0.15) is 0 Å². The van der Waals surface area contributed by atoms with Crippen molar-refractivity contribution < 1.29 is 23.7 Å². The normalized spacial score (nSPS) is 10.8. The van der Waals surface area contributed by atoms with Crippen LogP contribution in [0.4, 0.5) is 0 Å². The molecule has 0 saturated carbocycles. The van der Waals surface area contributed by atoms with Gasteiger partial charge in [-0.1, -0.05) is 51.6 Å². The molecule has 6 heteroatoms. The Kier molecular flexibility index (Phi) is 10.1. The number of carbonyl (C=O) groups is 1. The van der Waals surface area contributed by atoms with Crippen LogP contribution in [-0.4, -0.2) is 25.8 Å². The number of esters is 1. The highest BCUT2D eigenvalue weighted by molar-refractivity contribution is 6.31. The average molecular weight is 437 g/mol. The van der Waals surface area contributed by atoms with E-state index in [-0.39, 0.29) is 0 Å². The van der Waals surface area contributed by atoms with Gasteiger partial charge in [-0.05, 0) is 37.5 Å². The number of unbranched alkanes of at least 4 members (excludes halogenated alkanes) is 3. The molecule has 0 spiro atoms. The van der Waals surface area contributed by atoms with Gasteiger partial charge in [0.25, 0.3) is 0 Å². The standard InChI is InChI=1S/C24H33ClO5/c1-5-8-13-27-21-19-12-11-18(25)16-20(19)22(30-17(4)26)24(29-15-10-7-3)23(21)28-14-9-6-2/h11-12,16H,5-10,13-15H2,1-4H3. The maximum absolute atomic E-state index is 11.9. The van der Waals surface area contributed by atoms with Crippen molar-refractivity contribution in [2.45, 2.75) is 66.2 Å². The smallest absolute Gasteiger partial charge is 0.308 e. The maximum atomic E-state index is 11.9. The fraction of sp³-hybridized carbons (Fsp3) is 0.542. The number of fused-ring (bicyclic) bond motifs is 1. The van der Waals surface area contributed by atoms with Gasteiger partial charge in [0.05, 0.1) is 19.8 Å². The van der Waals surface area contributed by atoms with Crippen LogP contribution in [0, 0.1) is 0 Å². The molecule has 2 aromatic rings. The second kappa shape index (κ2) is 12.5. The summed E-state index contributed by atoms with van der Waals surface area (Å²) in [5, 5.41) is 1.98. The molecule has 2 aromatic carbocycles. The van der Waals surface area contributed by atoms with Crippen molar-refractivity contribution in [3.63, 3.8) is 0 Å². The second-order valence-electron chi connectivity index (χ2n) is 7.21. The van der Waals surface area contributed by atoms with Gasteiger partial charge < -0.3 is 18.9 Å². The molecule has 0 aromatic heterocycles. The van der Waals surface area contributed by atoms with Gasteiger partial charge in [-0.15, -0.1) is 0 Å². The van der Waals surface area contributed by atoms with Crippen molar-refractivity contribution >= 4 is 28.3 Å². The Morgan fingerprint density at radius 3 is 1.77 bits per heavy atom. The lowest BCUT2D eigenvalue weighted by Gasteiger charge is -2.22. The fourth-order valence-corrected chi connectivity index (χ4v) is 3.13. The Morgan fingerprint density at radius 2 is 1.27 bits per heavy atom. The predicted molar refractivity (Wildman–Crippen MR) is 121 cm³/mol. The SMILES string of the molecule is CCCCOc1c(OCCCC)c(OC(C)=O)c2cc(Cl)ccc2c1OCCCC. The summed E-state index contributed by atoms with van der Waals surface area (Å²) in [4.78, 5) is 11.9. The van der Waals surface area contributed by atoms with Gasteiger partial charge in [-0.3, -0.25) is 4.79 Å². The van der Waals surface area contributed by atoms with Gasteiger partial charge >= 0.3 is 5.97 Å². The fourth-order valence-electron chi connectivity index (χ4n) is 2.96. The Balaban J connectivity index is 2.71. The summed E-state index contributed by atoms with van der Waals surface area (Å²) in [5.41, 5.74) is 0. The molecule has 0 radical (unpaired) electrons. The zero-order valence-corrected chi connectivity index (χ0v) is 19.3. The Hall–Kier alpha value is -2.14. The zero-order chi connectivity index (χ0) is 21.9. The van der Waals surface area contributed by atoms with E-state index in [0.29, 0.717) is 53.2 Å². The van der Waals surface area contributed by atoms with E-state index in [1.54, 1.807) is 12.1 Å². The molecule has 0 aliphatic rings. The van der Waals surface area contributed by atoms with Gasteiger partial charge in [0.15, 0.2) is 11.5 Å². The number of hydrogen-bond acceptors (Lipinski definition) is 5. The van der Waals surface area contributed by atoms with Gasteiger partial charge in [-0.25, -0.2) is 0 Å². The highest BCUT2D eigenvalue weighted by Gasteiger charge is 2.26. The molecule has 0 amide bonds. The molecule has 2 rings (SSSR count). The van der Waals surface area contributed by atoms with Gasteiger partial charge in [0.2, 0.25) is 11.5 Å². The van der Waals surface area contributed by atoms with E-state index in [2.05, 4.69) is 20.8 Å². The number of carbonyl (C=O) groups excluding carboxylic acids is 1. The minimum absolute atomic E-state index is 0.324. The van der Waals surface area contributed by atoms with E-state index in [1.807, 2.05) is 6.07 Å². The summed E-state index contributed by atoms with van der Waals surface area (Å²) in [7, 11) is 0. The third-order valence-electron chi connectivity index (χ3n) is 4.57. The topological polar surface area (TPSA) is 54.0 Å². The molecule has 0 aliphatic carbocycles. The maximum Gasteiger partial charge on any atom is 0.308 e. The van der Waals surface area contributed by atoms with E-state index >= 15 is 0 Å². The van der Waals surface area contributed by atoms with Crippen molar-refractivity contribution in [1.82, 2.24) is 0 Å². The van der Waals surface area contributed by atoms with Crippen molar-refractivity contribution in [3.05, 3.63) is 23.2 Å². The Bertz CT molecular complexity index is 834. The quantitative estimate of drug-likeness (QED) is 0.193. The van der Waals surface area contributed by atoms with Crippen molar-refractivity contribution in [2.24, 2.45) is 0 Å². The van der Waals surface area contributed by atoms with E-state index < -0.39 is 5.97 Å². The van der Waals surface area contributed by atoms with Crippen LogP contribution in [0.5, 0.6) is 23.0 Å². The molecule has 5 nitrogen and oxygen atoms in total. The molecule has 166 valence electrons. The zero-order valence-electron chi connectivity index (χ0n) is 18.5. The first-order valence-corrected chi connectivity index (χ1v) is 11.3. The first-order valence-electron chi connectivity index (χ1n) is 10.9. The van der Waals surface area contributed by atoms with Crippen molar-refractivity contribution in [3.8, 4) is 23.0 Å². The summed E-state index contributed by atoms with van der Waals surface area (Å²) < 4.78 is 24.1. The monoisotopic (exact) mass is 436 g/mol. The Labute approximate surface area is 184 Å². The number of hydrogen-bond donors (Lipinski definition) is 0. The second-order valence-corrected chi connectivity index (χ2v) is 7.64. The molecule has 0 saturated heterocycles. The third-order valence-corrected chi connectivity index (χ3v) is 4.80. The van der Waals surface area contributed by atoms with Crippen molar-refractivity contribution in [2.75, 3.05) is 19.8 Å². The number of halogens is 1. The number of benzene rings is 2. The van der Waals surface area contributed by atoms with Crippen molar-refractivity contribution in [1.29, 1.82) is 0 Å². The van der Waals surface area contributed by atoms with Crippen LogP contribution in [0.3, 0.4) is 0 Å². The molecule has 0 aliphatic heterocycles. The van der Waals surface area contributed by atoms with Gasteiger partial charge in [-0.2, -0.15) is 0 Å². The highest BCUT2D eigenvalue weighted by Crippen LogP contribution is 2.52. The predicted octanol–water partition coefficient (Wildman–Crippen LogP) is 6.96. The van der Waals surface area contributed by atoms with Crippen LogP contribution in [0.1, 0.15) is 66.2 Å². The molecule has 0 heterocycles. The average Bonchev–Trinajstić information content (AvgIpc) is 2.71. The number of rotatable bonds is 13. The van der Waals surface area contributed by atoms with E-state index in [9.17, 15) is 4.79 Å². The minimum Gasteiger partial charge on any atom is -0.489 e. The molecule has 0 bridgehead atoms. The molecule has 0 N–H and O–H groups in total. The van der Waals surface area contributed by atoms with Crippen LogP contribution in [0.2, 0.25) is 5.02 Å². The van der Waals surface area contributed by atoms with E-state index in [4.69, 9.17) is 30.5 Å². The molecule has 0 unspecified atom stereocenters. The van der Waals surface area contributed by atoms with E-state index in [1.165, 1.54) is 6.92 Å². The van der Waals surface area contributed by atoms with Crippen LogP contribution in [0.25, 0.3) is 10.8 Å². The van der Waals surface area contributed by atoms with Crippen LogP contribution < -0.4 is 18.9 Å².